The molecule has 0 aromatic carbocycles. The van der Waals surface area contributed by atoms with Gasteiger partial charge in [0, 0.05) is 19.5 Å². The van der Waals surface area contributed by atoms with Crippen molar-refractivity contribution in [1.29, 1.82) is 0 Å². The van der Waals surface area contributed by atoms with Gasteiger partial charge in [0.1, 0.15) is 0 Å². The molecule has 5 heteroatoms. The van der Waals surface area contributed by atoms with E-state index in [1.807, 2.05) is 11.8 Å². The third-order valence-corrected chi connectivity index (χ3v) is 4.33. The molecule has 0 bridgehead atoms. The first-order chi connectivity index (χ1) is 9.77. The Bertz CT molecular complexity index is 328. The molecular weight excluding hydrogens is 268 g/mol. The summed E-state index contributed by atoms with van der Waals surface area (Å²) in [6, 6.07) is 0. The number of carbonyl (C=O) groups excluding carboxylic acids is 1. The Balaban J connectivity index is 2.51. The van der Waals surface area contributed by atoms with Crippen LogP contribution in [0, 0.1) is 11.3 Å². The van der Waals surface area contributed by atoms with Crippen LogP contribution >= 0.6 is 0 Å². The number of rotatable bonds is 6. The van der Waals surface area contributed by atoms with E-state index in [1.54, 1.807) is 0 Å². The minimum atomic E-state index is -0.250. The number of hydrogen-bond acceptors (Lipinski definition) is 4. The summed E-state index contributed by atoms with van der Waals surface area (Å²) >= 11 is 0. The van der Waals surface area contributed by atoms with Crippen molar-refractivity contribution in [3.8, 4) is 0 Å². The van der Waals surface area contributed by atoms with Crippen molar-refractivity contribution in [3.05, 3.63) is 0 Å². The summed E-state index contributed by atoms with van der Waals surface area (Å²) in [5.41, 5.74) is 5.86. The standard InChI is InChI=1S/C16H32N2O3/c1-12-9-18(10-14(11-19)21-12)15(20)6-5-13(7-8-17)16(2,3)4/h12-14,19H,5-11,17H2,1-4H3. The second-order valence-electron chi connectivity index (χ2n) is 7.23. The van der Waals surface area contributed by atoms with Crippen LogP contribution in [-0.2, 0) is 9.53 Å². The smallest absolute Gasteiger partial charge is 0.222 e. The first kappa shape index (κ1) is 18.4. The zero-order valence-electron chi connectivity index (χ0n) is 14.0. The molecule has 1 rings (SSSR count). The maximum Gasteiger partial charge on any atom is 0.222 e. The lowest BCUT2D eigenvalue weighted by molar-refractivity contribution is -0.147. The van der Waals surface area contributed by atoms with Gasteiger partial charge < -0.3 is 20.5 Å². The number of ether oxygens (including phenoxy) is 1. The molecule has 124 valence electrons. The highest BCUT2D eigenvalue weighted by Crippen LogP contribution is 2.32. The molecule has 5 nitrogen and oxygen atoms in total. The molecule has 0 aromatic heterocycles. The predicted molar refractivity (Wildman–Crippen MR) is 83.9 cm³/mol. The Kier molecular flexibility index (Phi) is 7.10. The molecule has 1 amide bonds. The molecule has 0 saturated carbocycles. The van der Waals surface area contributed by atoms with Crippen LogP contribution in [0.25, 0.3) is 0 Å². The molecule has 1 aliphatic heterocycles. The fourth-order valence-electron chi connectivity index (χ4n) is 3.02. The van der Waals surface area contributed by atoms with Gasteiger partial charge in [-0.3, -0.25) is 4.79 Å². The lowest BCUT2D eigenvalue weighted by Gasteiger charge is -2.37. The van der Waals surface area contributed by atoms with Crippen LogP contribution in [0.3, 0.4) is 0 Å². The number of aliphatic hydroxyl groups is 1. The Hall–Kier alpha value is -0.650. The van der Waals surface area contributed by atoms with Crippen LogP contribution in [0.4, 0.5) is 0 Å². The Morgan fingerprint density at radius 2 is 2.05 bits per heavy atom. The Morgan fingerprint density at radius 1 is 1.38 bits per heavy atom. The average molecular weight is 300 g/mol. The van der Waals surface area contributed by atoms with Crippen molar-refractivity contribution >= 4 is 5.91 Å². The number of morpholine rings is 1. The molecule has 3 N–H and O–H groups in total. The highest BCUT2D eigenvalue weighted by Gasteiger charge is 2.29. The largest absolute Gasteiger partial charge is 0.394 e. The van der Waals surface area contributed by atoms with Gasteiger partial charge in [-0.1, -0.05) is 20.8 Å². The van der Waals surface area contributed by atoms with E-state index < -0.39 is 0 Å². The zero-order valence-corrected chi connectivity index (χ0v) is 14.0. The van der Waals surface area contributed by atoms with Gasteiger partial charge >= 0.3 is 0 Å². The normalized spacial score (nSPS) is 25.0. The SMILES string of the molecule is CC1CN(C(=O)CCC(CCN)C(C)(C)C)CC(CO)O1. The Morgan fingerprint density at radius 3 is 2.57 bits per heavy atom. The second kappa shape index (κ2) is 8.11. The second-order valence-corrected chi connectivity index (χ2v) is 7.23. The minimum absolute atomic E-state index is 0.0118. The fraction of sp³-hybridized carbons (Fsp3) is 0.938. The number of nitrogens with zero attached hydrogens (tertiary/aromatic N) is 1. The third kappa shape index (κ3) is 5.93. The highest BCUT2D eigenvalue weighted by atomic mass is 16.5. The fourth-order valence-corrected chi connectivity index (χ4v) is 3.02. The van der Waals surface area contributed by atoms with Crippen molar-refractivity contribution in [2.24, 2.45) is 17.1 Å². The van der Waals surface area contributed by atoms with Gasteiger partial charge in [-0.25, -0.2) is 0 Å². The van der Waals surface area contributed by atoms with Gasteiger partial charge in [-0.05, 0) is 37.6 Å². The molecule has 0 spiro atoms. The van der Waals surface area contributed by atoms with Crippen LogP contribution in [-0.4, -0.2) is 54.4 Å². The lowest BCUT2D eigenvalue weighted by Crippen LogP contribution is -2.50. The lowest BCUT2D eigenvalue weighted by atomic mass is 9.76. The van der Waals surface area contributed by atoms with Gasteiger partial charge in [0.2, 0.25) is 5.91 Å². The van der Waals surface area contributed by atoms with Crippen molar-refractivity contribution in [1.82, 2.24) is 4.90 Å². The van der Waals surface area contributed by atoms with Crippen molar-refractivity contribution < 1.29 is 14.6 Å². The number of nitrogens with two attached hydrogens (primary N) is 1. The molecule has 1 fully saturated rings. The summed E-state index contributed by atoms with van der Waals surface area (Å²) in [6.45, 7) is 10.3. The van der Waals surface area contributed by atoms with Gasteiger partial charge in [0.25, 0.3) is 0 Å². The van der Waals surface area contributed by atoms with E-state index in [0.29, 0.717) is 32.0 Å². The summed E-state index contributed by atoms with van der Waals surface area (Å²) in [5.74, 6) is 0.619. The van der Waals surface area contributed by atoms with Crippen LogP contribution in [0.15, 0.2) is 0 Å². The molecular formula is C16H32N2O3. The first-order valence-corrected chi connectivity index (χ1v) is 8.02. The third-order valence-electron chi connectivity index (χ3n) is 4.33. The van der Waals surface area contributed by atoms with Crippen LogP contribution < -0.4 is 5.73 Å². The van der Waals surface area contributed by atoms with Crippen molar-refractivity contribution in [2.45, 2.75) is 59.2 Å². The molecule has 1 aliphatic rings. The average Bonchev–Trinajstić information content (AvgIpc) is 2.41. The summed E-state index contributed by atoms with van der Waals surface area (Å²) in [6.07, 6.45) is 2.11. The summed E-state index contributed by atoms with van der Waals surface area (Å²) in [4.78, 5) is 14.2. The number of amides is 1. The number of aliphatic hydroxyl groups excluding tert-OH is 1. The molecule has 3 atom stereocenters. The van der Waals surface area contributed by atoms with Crippen LogP contribution in [0.1, 0.15) is 47.0 Å². The van der Waals surface area contributed by atoms with Gasteiger partial charge in [0.05, 0.1) is 18.8 Å². The van der Waals surface area contributed by atoms with Gasteiger partial charge in [-0.15, -0.1) is 0 Å². The molecule has 1 saturated heterocycles. The minimum Gasteiger partial charge on any atom is -0.394 e. The van der Waals surface area contributed by atoms with Crippen LogP contribution in [0.5, 0.6) is 0 Å². The monoisotopic (exact) mass is 300 g/mol. The van der Waals surface area contributed by atoms with E-state index in [4.69, 9.17) is 10.5 Å². The maximum absolute atomic E-state index is 12.4. The molecule has 0 radical (unpaired) electrons. The van der Waals surface area contributed by atoms with Gasteiger partial charge in [-0.2, -0.15) is 0 Å². The quantitative estimate of drug-likeness (QED) is 0.777. The first-order valence-electron chi connectivity index (χ1n) is 8.02. The van der Waals surface area contributed by atoms with E-state index >= 15 is 0 Å². The van der Waals surface area contributed by atoms with E-state index in [2.05, 4.69) is 20.8 Å². The maximum atomic E-state index is 12.4. The van der Waals surface area contributed by atoms with Crippen molar-refractivity contribution in [2.75, 3.05) is 26.2 Å². The van der Waals surface area contributed by atoms with E-state index in [-0.39, 0.29) is 30.1 Å². The van der Waals surface area contributed by atoms with Gasteiger partial charge in [0.15, 0.2) is 0 Å². The van der Waals surface area contributed by atoms with E-state index in [0.717, 1.165) is 12.8 Å². The molecule has 1 heterocycles. The van der Waals surface area contributed by atoms with Crippen molar-refractivity contribution in [3.63, 3.8) is 0 Å². The number of hydrogen-bond donors (Lipinski definition) is 2. The molecule has 21 heavy (non-hydrogen) atoms. The Labute approximate surface area is 128 Å². The highest BCUT2D eigenvalue weighted by molar-refractivity contribution is 5.76. The van der Waals surface area contributed by atoms with E-state index in [9.17, 15) is 9.90 Å². The summed E-state index contributed by atoms with van der Waals surface area (Å²) in [7, 11) is 0. The topological polar surface area (TPSA) is 75.8 Å². The number of carbonyl (C=O) groups is 1. The molecule has 3 unspecified atom stereocenters. The zero-order chi connectivity index (χ0) is 16.0. The summed E-state index contributed by atoms with van der Waals surface area (Å²) in [5, 5.41) is 9.23. The predicted octanol–water partition coefficient (Wildman–Crippen LogP) is 1.39. The molecule has 0 aromatic rings. The van der Waals surface area contributed by atoms with E-state index in [1.165, 1.54) is 0 Å². The summed E-state index contributed by atoms with van der Waals surface area (Å²) < 4.78 is 5.57. The van der Waals surface area contributed by atoms with Crippen LogP contribution in [0.2, 0.25) is 0 Å². The molecule has 0 aliphatic carbocycles.